The second kappa shape index (κ2) is 12.5. The van der Waals surface area contributed by atoms with Gasteiger partial charge in [0.25, 0.3) is 0 Å². The first kappa shape index (κ1) is 31.1. The van der Waals surface area contributed by atoms with Crippen LogP contribution in [0.4, 0.5) is 0 Å². The molecule has 0 N–H and O–H groups in total. The highest BCUT2D eigenvalue weighted by atomic mass is 15.0. The fourth-order valence-corrected chi connectivity index (χ4v) is 8.31. The van der Waals surface area contributed by atoms with Crippen molar-refractivity contribution in [2.24, 2.45) is 0 Å². The zero-order valence-electron chi connectivity index (χ0n) is 29.1. The number of para-hydroxylation sites is 4. The third-order valence-corrected chi connectivity index (χ3v) is 10.6. The number of hydrogen-bond acceptors (Lipinski definition) is 2. The molecule has 54 heavy (non-hydrogen) atoms. The van der Waals surface area contributed by atoms with E-state index in [0.717, 1.165) is 77.4 Å². The van der Waals surface area contributed by atoms with E-state index in [1.807, 2.05) is 72.8 Å². The van der Waals surface area contributed by atoms with E-state index < -0.39 is 0 Å². The summed E-state index contributed by atoms with van der Waals surface area (Å²) in [6.07, 6.45) is 0. The van der Waals surface area contributed by atoms with Gasteiger partial charge in [-0.1, -0.05) is 133 Å². The highest BCUT2D eigenvalue weighted by Crippen LogP contribution is 2.46. The first-order chi connectivity index (χ1) is 26.7. The number of nitriles is 2. The Morgan fingerprint density at radius 2 is 0.852 bits per heavy atom. The Kier molecular flexibility index (Phi) is 7.22. The largest absolute Gasteiger partial charge is 0.309 e. The normalized spacial score (nSPS) is 11.3. The molecule has 0 fully saturated rings. The molecule has 2 aromatic heterocycles. The zero-order chi connectivity index (χ0) is 36.2. The molecule has 0 unspecified atom stereocenters. The monoisotopic (exact) mass is 686 g/mol. The molecule has 250 valence electrons. The highest BCUT2D eigenvalue weighted by molar-refractivity contribution is 6.21. The summed E-state index contributed by atoms with van der Waals surface area (Å²) in [5.41, 5.74) is 12.3. The van der Waals surface area contributed by atoms with Crippen LogP contribution in [-0.4, -0.2) is 9.13 Å². The number of hydrogen-bond donors (Lipinski definition) is 0. The topological polar surface area (TPSA) is 57.4 Å². The van der Waals surface area contributed by atoms with E-state index >= 15 is 0 Å². The quantitative estimate of drug-likeness (QED) is 0.181. The minimum atomic E-state index is 0.474. The van der Waals surface area contributed by atoms with Gasteiger partial charge in [-0.15, -0.1) is 0 Å². The summed E-state index contributed by atoms with van der Waals surface area (Å²) < 4.78 is 4.70. The molecule has 0 amide bonds. The summed E-state index contributed by atoms with van der Waals surface area (Å²) in [6.45, 7) is 0. The van der Waals surface area contributed by atoms with Gasteiger partial charge in [-0.3, -0.25) is 0 Å². The molecule has 0 spiro atoms. The Morgan fingerprint density at radius 1 is 0.352 bits per heavy atom. The number of nitrogens with zero attached hydrogens (tertiary/aromatic N) is 4. The van der Waals surface area contributed by atoms with Gasteiger partial charge < -0.3 is 9.13 Å². The van der Waals surface area contributed by atoms with Crippen molar-refractivity contribution in [1.82, 2.24) is 9.13 Å². The van der Waals surface area contributed by atoms with E-state index in [-0.39, 0.29) is 0 Å². The fourth-order valence-electron chi connectivity index (χ4n) is 8.31. The van der Waals surface area contributed by atoms with Crippen molar-refractivity contribution in [2.45, 2.75) is 0 Å². The van der Waals surface area contributed by atoms with Crippen molar-refractivity contribution < 1.29 is 0 Å². The predicted octanol–water partition coefficient (Wildman–Crippen LogP) is 12.6. The van der Waals surface area contributed by atoms with Crippen LogP contribution in [0, 0.1) is 22.7 Å². The molecule has 10 aromatic rings. The molecule has 4 heteroatoms. The Hall–Kier alpha value is -7.66. The molecule has 10 rings (SSSR count). The van der Waals surface area contributed by atoms with E-state index in [1.54, 1.807) is 0 Å². The summed E-state index contributed by atoms with van der Waals surface area (Å²) in [5.74, 6) is 0. The maximum atomic E-state index is 11.1. The van der Waals surface area contributed by atoms with Gasteiger partial charge in [-0.2, -0.15) is 10.5 Å². The first-order valence-electron chi connectivity index (χ1n) is 18.0. The summed E-state index contributed by atoms with van der Waals surface area (Å²) >= 11 is 0. The minimum absolute atomic E-state index is 0.474. The molecule has 4 nitrogen and oxygen atoms in total. The smallest absolute Gasteiger partial charge is 0.100 e. The first-order valence-corrected chi connectivity index (χ1v) is 18.0. The van der Waals surface area contributed by atoms with Gasteiger partial charge >= 0.3 is 0 Å². The molecule has 0 saturated heterocycles. The van der Waals surface area contributed by atoms with Crippen molar-refractivity contribution in [3.63, 3.8) is 0 Å². The Bertz CT molecular complexity index is 3140. The van der Waals surface area contributed by atoms with Gasteiger partial charge in [-0.05, 0) is 59.7 Å². The molecule has 0 saturated carbocycles. The molecule has 0 atom stereocenters. The summed E-state index contributed by atoms with van der Waals surface area (Å²) in [7, 11) is 0. The van der Waals surface area contributed by atoms with Crippen molar-refractivity contribution in [1.29, 1.82) is 10.5 Å². The maximum absolute atomic E-state index is 11.1. The molecular formula is C50H30N4. The third kappa shape index (κ3) is 4.68. The minimum Gasteiger partial charge on any atom is -0.309 e. The van der Waals surface area contributed by atoms with Crippen LogP contribution < -0.4 is 0 Å². The average molecular weight is 687 g/mol. The molecule has 0 aliphatic rings. The van der Waals surface area contributed by atoms with Crippen molar-refractivity contribution in [3.8, 4) is 56.9 Å². The second-order valence-corrected chi connectivity index (χ2v) is 13.5. The van der Waals surface area contributed by atoms with Crippen molar-refractivity contribution in [3.05, 3.63) is 193 Å². The lowest BCUT2D eigenvalue weighted by atomic mass is 9.83. The van der Waals surface area contributed by atoms with Crippen LogP contribution in [0.15, 0.2) is 182 Å². The SMILES string of the molecule is N#Cc1c(-c2ccccc2)cc(-c2cccc3c4cc5c(cc4n(-c4ccccc4)c23)c2ccccc2n5-c2ccccc2)c(C#N)c1-c1ccccc1. The van der Waals surface area contributed by atoms with Crippen LogP contribution in [-0.2, 0) is 0 Å². The van der Waals surface area contributed by atoms with Crippen LogP contribution in [0.25, 0.3) is 88.4 Å². The zero-order valence-corrected chi connectivity index (χ0v) is 29.1. The summed E-state index contributed by atoms with van der Waals surface area (Å²) in [4.78, 5) is 0. The average Bonchev–Trinajstić information content (AvgIpc) is 3.75. The van der Waals surface area contributed by atoms with Gasteiger partial charge in [0.15, 0.2) is 0 Å². The van der Waals surface area contributed by atoms with E-state index in [2.05, 4.69) is 130 Å². The Morgan fingerprint density at radius 3 is 1.50 bits per heavy atom. The van der Waals surface area contributed by atoms with E-state index in [4.69, 9.17) is 0 Å². The van der Waals surface area contributed by atoms with Crippen molar-refractivity contribution in [2.75, 3.05) is 0 Å². The molecule has 0 radical (unpaired) electrons. The van der Waals surface area contributed by atoms with Crippen LogP contribution in [0.3, 0.4) is 0 Å². The molecule has 2 heterocycles. The number of benzene rings is 8. The Balaban J connectivity index is 1.38. The maximum Gasteiger partial charge on any atom is 0.100 e. The van der Waals surface area contributed by atoms with Crippen LogP contribution in [0.2, 0.25) is 0 Å². The van der Waals surface area contributed by atoms with Crippen molar-refractivity contribution >= 4 is 43.6 Å². The lowest BCUT2D eigenvalue weighted by Gasteiger charge is -2.18. The standard InChI is InChI=1S/C50H30N4/c51-31-44-40(33-16-5-1-6-17-33)28-41(45(32-52)49(44)34-18-7-2-8-19-34)38-25-15-26-39-43-30-47-42(29-48(43)54(50(38)39)36-22-11-4-12-23-36)37-24-13-14-27-46(37)53(47)35-20-9-3-10-21-35/h1-30H. The second-order valence-electron chi connectivity index (χ2n) is 13.5. The van der Waals surface area contributed by atoms with Crippen LogP contribution in [0.1, 0.15) is 11.1 Å². The van der Waals surface area contributed by atoms with Gasteiger partial charge in [-0.25, -0.2) is 0 Å². The molecule has 0 aliphatic carbocycles. The van der Waals surface area contributed by atoms with E-state index in [1.165, 1.54) is 5.39 Å². The van der Waals surface area contributed by atoms with Gasteiger partial charge in [0.05, 0.1) is 33.2 Å². The van der Waals surface area contributed by atoms with Crippen LogP contribution >= 0.6 is 0 Å². The number of aromatic nitrogens is 2. The molecule has 0 bridgehead atoms. The number of rotatable bonds is 5. The lowest BCUT2D eigenvalue weighted by molar-refractivity contribution is 1.17. The van der Waals surface area contributed by atoms with E-state index in [9.17, 15) is 10.5 Å². The highest BCUT2D eigenvalue weighted by Gasteiger charge is 2.25. The lowest BCUT2D eigenvalue weighted by Crippen LogP contribution is -2.00. The van der Waals surface area contributed by atoms with Crippen LogP contribution in [0.5, 0.6) is 0 Å². The van der Waals surface area contributed by atoms with E-state index in [0.29, 0.717) is 16.7 Å². The van der Waals surface area contributed by atoms with Gasteiger partial charge in [0.1, 0.15) is 12.1 Å². The van der Waals surface area contributed by atoms with Gasteiger partial charge in [0.2, 0.25) is 0 Å². The predicted molar refractivity (Wildman–Crippen MR) is 221 cm³/mol. The molecular weight excluding hydrogens is 657 g/mol. The molecule has 8 aromatic carbocycles. The summed E-state index contributed by atoms with van der Waals surface area (Å²) in [5, 5.41) is 26.4. The summed E-state index contributed by atoms with van der Waals surface area (Å²) in [6, 6.07) is 67.6. The number of fused-ring (bicyclic) bond motifs is 6. The third-order valence-electron chi connectivity index (χ3n) is 10.6. The van der Waals surface area contributed by atoms with Gasteiger partial charge in [0, 0.05) is 55.2 Å². The Labute approximate surface area is 312 Å². The molecule has 0 aliphatic heterocycles. The fraction of sp³-hybridized carbons (Fsp3) is 0.